The number of carboxylic acids is 1. The third-order valence-electron chi connectivity index (χ3n) is 3.08. The van der Waals surface area contributed by atoms with E-state index in [2.05, 4.69) is 10.6 Å². The highest BCUT2D eigenvalue weighted by Gasteiger charge is 2.24. The number of nitrogens with zero attached hydrogens (tertiary/aromatic N) is 1. The van der Waals surface area contributed by atoms with Crippen LogP contribution >= 0.6 is 0 Å². The van der Waals surface area contributed by atoms with Crippen LogP contribution < -0.4 is 10.6 Å². The Morgan fingerprint density at radius 3 is 2.53 bits per heavy atom. The number of rotatable bonds is 5. The molecule has 0 saturated carbocycles. The van der Waals surface area contributed by atoms with Crippen molar-refractivity contribution >= 4 is 11.9 Å². The molecule has 0 aromatic heterocycles. The Morgan fingerprint density at radius 2 is 2.06 bits per heavy atom. The van der Waals surface area contributed by atoms with Crippen LogP contribution in [0.2, 0.25) is 0 Å². The van der Waals surface area contributed by atoms with Gasteiger partial charge in [-0.2, -0.15) is 0 Å². The lowest BCUT2D eigenvalue weighted by atomic mass is 10.0. The van der Waals surface area contributed by atoms with Gasteiger partial charge in [0.15, 0.2) is 0 Å². The molecular weight excluding hydrogens is 222 g/mol. The summed E-state index contributed by atoms with van der Waals surface area (Å²) in [5.41, 5.74) is 0. The number of carbonyl (C=O) groups excluding carboxylic acids is 1. The fraction of sp³-hybridized carbons (Fsp3) is 0.818. The fourth-order valence-corrected chi connectivity index (χ4v) is 2.12. The number of piperidine rings is 1. The van der Waals surface area contributed by atoms with Crippen molar-refractivity contribution < 1.29 is 14.7 Å². The summed E-state index contributed by atoms with van der Waals surface area (Å²) in [5.74, 6) is -1.29. The molecule has 17 heavy (non-hydrogen) atoms. The Morgan fingerprint density at radius 1 is 1.47 bits per heavy atom. The highest BCUT2D eigenvalue weighted by Crippen LogP contribution is 2.10. The SMILES string of the molecule is CC(=O)NC(CN(C)C1CCNCC1)C(=O)O. The van der Waals surface area contributed by atoms with E-state index in [1.54, 1.807) is 0 Å². The molecule has 1 aliphatic heterocycles. The van der Waals surface area contributed by atoms with Crippen molar-refractivity contribution in [3.63, 3.8) is 0 Å². The third-order valence-corrected chi connectivity index (χ3v) is 3.08. The first-order chi connectivity index (χ1) is 8.00. The van der Waals surface area contributed by atoms with Crippen LogP contribution in [0.15, 0.2) is 0 Å². The lowest BCUT2D eigenvalue weighted by Crippen LogP contribution is -2.51. The van der Waals surface area contributed by atoms with Crippen LogP contribution in [0.4, 0.5) is 0 Å². The van der Waals surface area contributed by atoms with Crippen molar-refractivity contribution in [1.29, 1.82) is 0 Å². The van der Waals surface area contributed by atoms with Gasteiger partial charge < -0.3 is 20.6 Å². The zero-order valence-corrected chi connectivity index (χ0v) is 10.4. The van der Waals surface area contributed by atoms with Gasteiger partial charge in [-0.3, -0.25) is 4.79 Å². The zero-order chi connectivity index (χ0) is 12.8. The fourth-order valence-electron chi connectivity index (χ4n) is 2.12. The summed E-state index contributed by atoms with van der Waals surface area (Å²) < 4.78 is 0. The molecule has 6 nitrogen and oxygen atoms in total. The van der Waals surface area contributed by atoms with Crippen molar-refractivity contribution in [3.8, 4) is 0 Å². The normalized spacial score (nSPS) is 19.0. The van der Waals surface area contributed by atoms with Gasteiger partial charge >= 0.3 is 5.97 Å². The Kier molecular flexibility index (Phi) is 5.37. The van der Waals surface area contributed by atoms with Crippen LogP contribution in [0.5, 0.6) is 0 Å². The van der Waals surface area contributed by atoms with Gasteiger partial charge in [-0.1, -0.05) is 0 Å². The van der Waals surface area contributed by atoms with E-state index in [1.165, 1.54) is 6.92 Å². The van der Waals surface area contributed by atoms with E-state index in [1.807, 2.05) is 11.9 Å². The van der Waals surface area contributed by atoms with E-state index in [-0.39, 0.29) is 5.91 Å². The zero-order valence-electron chi connectivity index (χ0n) is 10.4. The van der Waals surface area contributed by atoms with Crippen molar-refractivity contribution in [3.05, 3.63) is 0 Å². The maximum atomic E-state index is 11.0. The Labute approximate surface area is 101 Å². The van der Waals surface area contributed by atoms with Crippen molar-refractivity contribution in [2.75, 3.05) is 26.7 Å². The minimum Gasteiger partial charge on any atom is -0.480 e. The summed E-state index contributed by atoms with van der Waals surface area (Å²) in [6, 6.07) is -0.431. The standard InChI is InChI=1S/C11H21N3O3/c1-8(15)13-10(11(16)17)7-14(2)9-3-5-12-6-4-9/h9-10,12H,3-7H2,1-2H3,(H,13,15)(H,16,17). The number of hydrogen-bond donors (Lipinski definition) is 3. The van der Waals surface area contributed by atoms with Crippen LogP contribution in [0, 0.1) is 0 Å². The largest absolute Gasteiger partial charge is 0.480 e. The van der Waals surface area contributed by atoms with E-state index < -0.39 is 12.0 Å². The molecule has 1 aliphatic rings. The number of nitrogens with one attached hydrogen (secondary N) is 2. The molecule has 1 rings (SSSR count). The van der Waals surface area contributed by atoms with Gasteiger partial charge in [0.25, 0.3) is 0 Å². The van der Waals surface area contributed by atoms with Crippen molar-refractivity contribution in [2.24, 2.45) is 0 Å². The Bertz CT molecular complexity index is 277. The first-order valence-electron chi connectivity index (χ1n) is 5.91. The van der Waals surface area contributed by atoms with Crippen LogP contribution in [0.25, 0.3) is 0 Å². The Hall–Kier alpha value is -1.14. The van der Waals surface area contributed by atoms with E-state index in [4.69, 9.17) is 5.11 Å². The van der Waals surface area contributed by atoms with E-state index in [9.17, 15) is 9.59 Å². The molecule has 0 bridgehead atoms. The van der Waals surface area contributed by atoms with E-state index in [0.29, 0.717) is 12.6 Å². The second kappa shape index (κ2) is 6.56. The molecule has 0 radical (unpaired) electrons. The van der Waals surface area contributed by atoms with Gasteiger partial charge in [-0.15, -0.1) is 0 Å². The summed E-state index contributed by atoms with van der Waals surface area (Å²) >= 11 is 0. The molecule has 98 valence electrons. The molecule has 1 saturated heterocycles. The number of likely N-dealkylation sites (N-methyl/N-ethyl adjacent to an activating group) is 1. The lowest BCUT2D eigenvalue weighted by molar-refractivity contribution is -0.142. The average molecular weight is 243 g/mol. The third kappa shape index (κ3) is 4.70. The molecule has 1 atom stereocenters. The first-order valence-corrected chi connectivity index (χ1v) is 5.91. The number of carboxylic acid groups (broad SMARTS) is 1. The highest BCUT2D eigenvalue weighted by molar-refractivity contribution is 5.82. The number of amides is 1. The number of aliphatic carboxylic acids is 1. The van der Waals surface area contributed by atoms with Gasteiger partial charge in [-0.05, 0) is 33.0 Å². The Balaban J connectivity index is 2.47. The summed E-state index contributed by atoms with van der Waals surface area (Å²) in [4.78, 5) is 23.9. The second-order valence-electron chi connectivity index (χ2n) is 4.51. The predicted molar refractivity (Wildman–Crippen MR) is 63.8 cm³/mol. The second-order valence-corrected chi connectivity index (χ2v) is 4.51. The predicted octanol–water partition coefficient (Wildman–Crippen LogP) is -0.740. The van der Waals surface area contributed by atoms with Crippen LogP contribution in [0.3, 0.4) is 0 Å². The molecule has 1 heterocycles. The lowest BCUT2D eigenvalue weighted by Gasteiger charge is -2.33. The minimum absolute atomic E-state index is 0.309. The summed E-state index contributed by atoms with van der Waals surface area (Å²) in [6.45, 7) is 3.61. The van der Waals surface area contributed by atoms with Crippen LogP contribution in [0.1, 0.15) is 19.8 Å². The van der Waals surface area contributed by atoms with Crippen LogP contribution in [-0.2, 0) is 9.59 Å². The molecule has 1 fully saturated rings. The molecule has 6 heteroatoms. The van der Waals surface area contributed by atoms with Gasteiger partial charge in [0.1, 0.15) is 6.04 Å². The topological polar surface area (TPSA) is 81.7 Å². The maximum Gasteiger partial charge on any atom is 0.327 e. The smallest absolute Gasteiger partial charge is 0.327 e. The van der Waals surface area contributed by atoms with E-state index >= 15 is 0 Å². The average Bonchev–Trinajstić information content (AvgIpc) is 2.28. The monoisotopic (exact) mass is 243 g/mol. The highest BCUT2D eigenvalue weighted by atomic mass is 16.4. The molecule has 1 unspecified atom stereocenters. The van der Waals surface area contributed by atoms with Gasteiger partial charge in [0.05, 0.1) is 0 Å². The maximum absolute atomic E-state index is 11.0. The van der Waals surface area contributed by atoms with Gasteiger partial charge in [0.2, 0.25) is 5.91 Å². The number of hydrogen-bond acceptors (Lipinski definition) is 4. The van der Waals surface area contributed by atoms with Crippen molar-refractivity contribution in [1.82, 2.24) is 15.5 Å². The summed E-state index contributed by atoms with van der Waals surface area (Å²) in [5, 5.41) is 14.7. The first kappa shape index (κ1) is 13.9. The molecule has 0 aliphatic carbocycles. The molecule has 0 aromatic carbocycles. The van der Waals surface area contributed by atoms with Gasteiger partial charge in [0, 0.05) is 19.5 Å². The summed E-state index contributed by atoms with van der Waals surface area (Å²) in [6.07, 6.45) is 2.03. The van der Waals surface area contributed by atoms with Crippen LogP contribution in [-0.4, -0.2) is 60.6 Å². The molecule has 3 N–H and O–H groups in total. The quantitative estimate of drug-likeness (QED) is 0.592. The number of carbonyl (C=O) groups is 2. The van der Waals surface area contributed by atoms with Crippen molar-refractivity contribution in [2.45, 2.75) is 31.8 Å². The van der Waals surface area contributed by atoms with Gasteiger partial charge in [-0.25, -0.2) is 4.79 Å². The molecular formula is C11H21N3O3. The summed E-state index contributed by atoms with van der Waals surface area (Å²) in [7, 11) is 1.91. The molecule has 0 aromatic rings. The van der Waals surface area contributed by atoms with E-state index in [0.717, 1.165) is 25.9 Å². The molecule has 0 spiro atoms. The minimum atomic E-state index is -0.985. The molecule has 1 amide bonds.